The number of nitrogens with one attached hydrogen (secondary N) is 1. The summed E-state index contributed by atoms with van der Waals surface area (Å²) in [6.07, 6.45) is 4.77. The van der Waals surface area contributed by atoms with Crippen molar-refractivity contribution in [3.8, 4) is 0 Å². The summed E-state index contributed by atoms with van der Waals surface area (Å²) in [6.45, 7) is 2.56. The van der Waals surface area contributed by atoms with Gasteiger partial charge < -0.3 is 5.32 Å². The third-order valence-corrected chi connectivity index (χ3v) is 3.63. The Kier molecular flexibility index (Phi) is 4.10. The zero-order chi connectivity index (χ0) is 13.0. The van der Waals surface area contributed by atoms with Crippen molar-refractivity contribution in [2.75, 3.05) is 6.54 Å². The highest BCUT2D eigenvalue weighted by atomic mass is 32.1. The average Bonchev–Trinajstić information content (AvgIpc) is 2.77. The van der Waals surface area contributed by atoms with E-state index in [9.17, 15) is 9.18 Å². The van der Waals surface area contributed by atoms with Crippen LogP contribution in [-0.2, 0) is 0 Å². The molecule has 0 bridgehead atoms. The van der Waals surface area contributed by atoms with Gasteiger partial charge in [0.2, 0.25) is 0 Å². The van der Waals surface area contributed by atoms with Gasteiger partial charge in [-0.2, -0.15) is 0 Å². The van der Waals surface area contributed by atoms with Gasteiger partial charge in [-0.15, -0.1) is 11.3 Å². The Morgan fingerprint density at radius 3 is 3.06 bits per heavy atom. The lowest BCUT2D eigenvalue weighted by molar-refractivity contribution is 0.0958. The normalized spacial score (nSPS) is 11.2. The van der Waals surface area contributed by atoms with E-state index in [1.807, 2.05) is 19.1 Å². The number of rotatable bonds is 4. The maximum atomic E-state index is 13.0. The third kappa shape index (κ3) is 2.96. The number of hydrogen-bond donors (Lipinski definition) is 1. The lowest BCUT2D eigenvalue weighted by atomic mass is 10.2. The van der Waals surface area contributed by atoms with E-state index in [4.69, 9.17) is 0 Å². The summed E-state index contributed by atoms with van der Waals surface area (Å²) in [5.74, 6) is -0.370. The number of thiophene rings is 1. The molecule has 0 unspecified atom stereocenters. The second-order valence-electron chi connectivity index (χ2n) is 3.91. The molecule has 0 fully saturated rings. The summed E-state index contributed by atoms with van der Waals surface area (Å²) >= 11 is 1.31. The minimum Gasteiger partial charge on any atom is -0.351 e. The SMILES string of the molecule is C/C=C/CCNC(=O)c1cc2ccc(F)cc2s1. The van der Waals surface area contributed by atoms with Crippen molar-refractivity contribution in [2.24, 2.45) is 0 Å². The van der Waals surface area contributed by atoms with Gasteiger partial charge in [-0.05, 0) is 36.9 Å². The van der Waals surface area contributed by atoms with Crippen LogP contribution in [-0.4, -0.2) is 12.5 Å². The number of halogens is 1. The topological polar surface area (TPSA) is 29.1 Å². The maximum Gasteiger partial charge on any atom is 0.261 e. The van der Waals surface area contributed by atoms with E-state index in [0.717, 1.165) is 16.5 Å². The van der Waals surface area contributed by atoms with Crippen molar-refractivity contribution in [1.29, 1.82) is 0 Å². The molecule has 94 valence electrons. The molecule has 4 heteroatoms. The smallest absolute Gasteiger partial charge is 0.261 e. The molecule has 0 atom stereocenters. The lowest BCUT2D eigenvalue weighted by Crippen LogP contribution is -2.23. The van der Waals surface area contributed by atoms with Crippen LogP contribution in [0.1, 0.15) is 23.0 Å². The van der Waals surface area contributed by atoms with Crippen molar-refractivity contribution in [3.63, 3.8) is 0 Å². The molecular formula is C14H14FNOS. The zero-order valence-electron chi connectivity index (χ0n) is 10.1. The number of amides is 1. The molecule has 2 aromatic rings. The third-order valence-electron chi connectivity index (χ3n) is 2.54. The highest BCUT2D eigenvalue weighted by Gasteiger charge is 2.09. The Morgan fingerprint density at radius 1 is 1.44 bits per heavy atom. The number of hydrogen-bond acceptors (Lipinski definition) is 2. The fraction of sp³-hybridized carbons (Fsp3) is 0.214. The molecule has 2 nitrogen and oxygen atoms in total. The van der Waals surface area contributed by atoms with Crippen LogP contribution in [0.15, 0.2) is 36.4 Å². The van der Waals surface area contributed by atoms with E-state index >= 15 is 0 Å². The summed E-state index contributed by atoms with van der Waals surface area (Å²) in [4.78, 5) is 12.5. The Labute approximate surface area is 109 Å². The van der Waals surface area contributed by atoms with E-state index in [-0.39, 0.29) is 11.7 Å². The molecule has 2 rings (SSSR count). The highest BCUT2D eigenvalue weighted by molar-refractivity contribution is 7.20. The molecule has 0 aliphatic heterocycles. The van der Waals surface area contributed by atoms with Crippen LogP contribution in [0.3, 0.4) is 0 Å². The van der Waals surface area contributed by atoms with E-state index in [0.29, 0.717) is 11.4 Å². The average molecular weight is 263 g/mol. The molecule has 0 aliphatic carbocycles. The van der Waals surface area contributed by atoms with Crippen LogP contribution in [0.5, 0.6) is 0 Å². The fourth-order valence-electron chi connectivity index (χ4n) is 1.64. The monoisotopic (exact) mass is 263 g/mol. The maximum absolute atomic E-state index is 13.0. The lowest BCUT2D eigenvalue weighted by Gasteiger charge is -1.99. The van der Waals surface area contributed by atoms with Gasteiger partial charge in [0.05, 0.1) is 4.88 Å². The molecule has 0 saturated carbocycles. The van der Waals surface area contributed by atoms with E-state index in [1.165, 1.54) is 23.5 Å². The quantitative estimate of drug-likeness (QED) is 0.661. The number of fused-ring (bicyclic) bond motifs is 1. The highest BCUT2D eigenvalue weighted by Crippen LogP contribution is 2.26. The number of benzene rings is 1. The van der Waals surface area contributed by atoms with Crippen molar-refractivity contribution in [3.05, 3.63) is 47.1 Å². The van der Waals surface area contributed by atoms with Crippen molar-refractivity contribution in [2.45, 2.75) is 13.3 Å². The van der Waals surface area contributed by atoms with E-state index in [1.54, 1.807) is 12.1 Å². The summed E-state index contributed by atoms with van der Waals surface area (Å²) in [6, 6.07) is 6.35. The van der Waals surface area contributed by atoms with Crippen molar-refractivity contribution >= 4 is 27.3 Å². The van der Waals surface area contributed by atoms with Gasteiger partial charge in [-0.3, -0.25) is 4.79 Å². The Hall–Kier alpha value is -1.68. The molecule has 0 spiro atoms. The Morgan fingerprint density at radius 2 is 2.28 bits per heavy atom. The molecule has 0 saturated heterocycles. The second kappa shape index (κ2) is 5.78. The molecule has 1 N–H and O–H groups in total. The summed E-state index contributed by atoms with van der Waals surface area (Å²) < 4.78 is 13.8. The van der Waals surface area contributed by atoms with Gasteiger partial charge in [0.15, 0.2) is 0 Å². The predicted octanol–water partition coefficient (Wildman–Crippen LogP) is 3.74. The first-order valence-electron chi connectivity index (χ1n) is 5.79. The first kappa shape index (κ1) is 12.8. The molecule has 1 aromatic heterocycles. The first-order valence-corrected chi connectivity index (χ1v) is 6.61. The van der Waals surface area contributed by atoms with Crippen LogP contribution in [0.2, 0.25) is 0 Å². The first-order chi connectivity index (χ1) is 8.70. The molecular weight excluding hydrogens is 249 g/mol. The Bertz CT molecular complexity index is 588. The van der Waals surface area contributed by atoms with Crippen LogP contribution in [0, 0.1) is 5.82 Å². The molecule has 0 aliphatic rings. The number of carbonyl (C=O) groups is 1. The minimum absolute atomic E-state index is 0.0962. The fourth-order valence-corrected chi connectivity index (χ4v) is 2.64. The minimum atomic E-state index is -0.274. The van der Waals surface area contributed by atoms with Crippen LogP contribution >= 0.6 is 11.3 Å². The van der Waals surface area contributed by atoms with E-state index < -0.39 is 0 Å². The van der Waals surface area contributed by atoms with Crippen LogP contribution < -0.4 is 5.32 Å². The second-order valence-corrected chi connectivity index (χ2v) is 4.99. The predicted molar refractivity (Wildman–Crippen MR) is 73.5 cm³/mol. The summed E-state index contributed by atoms with van der Waals surface area (Å²) in [5, 5.41) is 3.74. The van der Waals surface area contributed by atoms with Gasteiger partial charge in [0, 0.05) is 11.2 Å². The standard InChI is InChI=1S/C14H14FNOS/c1-2-3-4-7-16-14(17)13-8-10-5-6-11(15)9-12(10)18-13/h2-3,5-6,8-9H,4,7H2,1H3,(H,16,17)/b3-2+. The number of allylic oxidation sites excluding steroid dienone is 1. The molecule has 0 radical (unpaired) electrons. The molecule has 1 amide bonds. The van der Waals surface area contributed by atoms with Crippen LogP contribution in [0.25, 0.3) is 10.1 Å². The van der Waals surface area contributed by atoms with Gasteiger partial charge in [0.1, 0.15) is 5.82 Å². The van der Waals surface area contributed by atoms with Crippen molar-refractivity contribution in [1.82, 2.24) is 5.32 Å². The summed E-state index contributed by atoms with van der Waals surface area (Å²) in [5.41, 5.74) is 0. The van der Waals surface area contributed by atoms with Gasteiger partial charge >= 0.3 is 0 Å². The largest absolute Gasteiger partial charge is 0.351 e. The van der Waals surface area contributed by atoms with Crippen molar-refractivity contribution < 1.29 is 9.18 Å². The zero-order valence-corrected chi connectivity index (χ0v) is 10.9. The summed E-state index contributed by atoms with van der Waals surface area (Å²) in [7, 11) is 0. The van der Waals surface area contributed by atoms with Gasteiger partial charge in [-0.25, -0.2) is 4.39 Å². The Balaban J connectivity index is 2.08. The molecule has 18 heavy (non-hydrogen) atoms. The van der Waals surface area contributed by atoms with E-state index in [2.05, 4.69) is 5.32 Å². The van der Waals surface area contributed by atoms with Crippen LogP contribution in [0.4, 0.5) is 4.39 Å². The number of carbonyl (C=O) groups excluding carboxylic acids is 1. The molecule has 1 heterocycles. The van der Waals surface area contributed by atoms with Gasteiger partial charge in [-0.1, -0.05) is 18.2 Å². The van der Waals surface area contributed by atoms with Gasteiger partial charge in [0.25, 0.3) is 5.91 Å². The molecule has 1 aromatic carbocycles.